The van der Waals surface area contributed by atoms with Gasteiger partial charge in [-0.25, -0.2) is 0 Å². The van der Waals surface area contributed by atoms with Gasteiger partial charge in [-0.3, -0.25) is 4.79 Å². The first-order valence-electron chi connectivity index (χ1n) is 5.52. The first-order valence-corrected chi connectivity index (χ1v) is 5.52. The molecule has 0 aromatic carbocycles. The summed E-state index contributed by atoms with van der Waals surface area (Å²) in [5.41, 5.74) is 5.07. The van der Waals surface area contributed by atoms with Crippen molar-refractivity contribution in [1.29, 1.82) is 0 Å². The maximum absolute atomic E-state index is 11.9. The van der Waals surface area contributed by atoms with Gasteiger partial charge in [0.15, 0.2) is 0 Å². The van der Waals surface area contributed by atoms with Crippen molar-refractivity contribution in [3.63, 3.8) is 0 Å². The number of rotatable bonds is 7. The molecule has 3 N–H and O–H groups in total. The van der Waals surface area contributed by atoms with Crippen LogP contribution < -0.4 is 5.73 Å². The Balaban J connectivity index is 3.89. The van der Waals surface area contributed by atoms with Crippen LogP contribution in [0.4, 0.5) is 0 Å². The van der Waals surface area contributed by atoms with E-state index in [4.69, 9.17) is 10.8 Å². The SMILES string of the molecule is CN(CCCCCO)C(=O)C(C)(C)CN. The lowest BCUT2D eigenvalue weighted by atomic mass is 9.92. The number of nitrogens with two attached hydrogens (primary N) is 1. The molecule has 4 nitrogen and oxygen atoms in total. The van der Waals surface area contributed by atoms with Crippen LogP contribution >= 0.6 is 0 Å². The predicted octanol–water partition coefficient (Wildman–Crippen LogP) is 0.592. The van der Waals surface area contributed by atoms with E-state index >= 15 is 0 Å². The number of aliphatic hydroxyl groups is 1. The third-order valence-electron chi connectivity index (χ3n) is 2.59. The second-order valence-electron chi connectivity index (χ2n) is 4.60. The second kappa shape index (κ2) is 6.80. The number of nitrogens with zero attached hydrogens (tertiary/aromatic N) is 1. The summed E-state index contributed by atoms with van der Waals surface area (Å²) < 4.78 is 0. The van der Waals surface area contributed by atoms with Crippen LogP contribution in [0.15, 0.2) is 0 Å². The van der Waals surface area contributed by atoms with E-state index in [9.17, 15) is 4.79 Å². The molecule has 0 fully saturated rings. The predicted molar refractivity (Wildman–Crippen MR) is 61.4 cm³/mol. The normalized spacial score (nSPS) is 11.5. The molecule has 0 atom stereocenters. The largest absolute Gasteiger partial charge is 0.396 e. The number of hydrogen-bond acceptors (Lipinski definition) is 3. The molecule has 4 heteroatoms. The van der Waals surface area contributed by atoms with Crippen LogP contribution in [0.2, 0.25) is 0 Å². The Kier molecular flexibility index (Phi) is 6.52. The van der Waals surface area contributed by atoms with Gasteiger partial charge in [-0.05, 0) is 33.1 Å². The standard InChI is InChI=1S/C11H24N2O2/c1-11(2,9-12)10(15)13(3)7-5-4-6-8-14/h14H,4-9,12H2,1-3H3. The van der Waals surface area contributed by atoms with Gasteiger partial charge in [0.1, 0.15) is 0 Å². The molecule has 0 unspecified atom stereocenters. The maximum Gasteiger partial charge on any atom is 0.229 e. The average Bonchev–Trinajstić information content (AvgIpc) is 2.23. The lowest BCUT2D eigenvalue weighted by Crippen LogP contribution is -2.43. The van der Waals surface area contributed by atoms with E-state index in [0.29, 0.717) is 6.54 Å². The van der Waals surface area contributed by atoms with Crippen LogP contribution in [0.25, 0.3) is 0 Å². The molecule has 0 spiro atoms. The molecule has 0 heterocycles. The van der Waals surface area contributed by atoms with E-state index in [1.165, 1.54) is 0 Å². The van der Waals surface area contributed by atoms with E-state index in [-0.39, 0.29) is 12.5 Å². The highest BCUT2D eigenvalue weighted by Gasteiger charge is 2.28. The minimum absolute atomic E-state index is 0.0917. The Morgan fingerprint density at radius 3 is 2.40 bits per heavy atom. The van der Waals surface area contributed by atoms with E-state index in [2.05, 4.69) is 0 Å². The summed E-state index contributed by atoms with van der Waals surface area (Å²) in [5, 5.41) is 8.61. The number of aliphatic hydroxyl groups excluding tert-OH is 1. The topological polar surface area (TPSA) is 66.6 Å². The summed E-state index contributed by atoms with van der Waals surface area (Å²) in [5.74, 6) is 0.0917. The molecule has 15 heavy (non-hydrogen) atoms. The molecule has 0 aromatic heterocycles. The van der Waals surface area contributed by atoms with Gasteiger partial charge in [0.25, 0.3) is 0 Å². The van der Waals surface area contributed by atoms with Crippen molar-refractivity contribution in [2.24, 2.45) is 11.1 Å². The third-order valence-corrected chi connectivity index (χ3v) is 2.59. The van der Waals surface area contributed by atoms with Crippen LogP contribution in [0.3, 0.4) is 0 Å². The van der Waals surface area contributed by atoms with Crippen LogP contribution in [0, 0.1) is 5.41 Å². The number of amides is 1. The van der Waals surface area contributed by atoms with Gasteiger partial charge >= 0.3 is 0 Å². The van der Waals surface area contributed by atoms with Crippen LogP contribution in [0.1, 0.15) is 33.1 Å². The van der Waals surface area contributed by atoms with Gasteiger partial charge in [-0.2, -0.15) is 0 Å². The van der Waals surface area contributed by atoms with Crippen molar-refractivity contribution < 1.29 is 9.90 Å². The van der Waals surface area contributed by atoms with Crippen LogP contribution in [-0.2, 0) is 4.79 Å². The Morgan fingerprint density at radius 1 is 1.33 bits per heavy atom. The lowest BCUT2D eigenvalue weighted by molar-refractivity contribution is -0.138. The number of hydrogen-bond donors (Lipinski definition) is 2. The smallest absolute Gasteiger partial charge is 0.229 e. The Morgan fingerprint density at radius 2 is 1.93 bits per heavy atom. The fourth-order valence-corrected chi connectivity index (χ4v) is 1.34. The van der Waals surface area contributed by atoms with Gasteiger partial charge in [0, 0.05) is 26.7 Å². The zero-order valence-electron chi connectivity index (χ0n) is 10.1. The van der Waals surface area contributed by atoms with Crippen molar-refractivity contribution in [3.05, 3.63) is 0 Å². The molecule has 0 aliphatic rings. The van der Waals surface area contributed by atoms with Gasteiger partial charge in [-0.15, -0.1) is 0 Å². The monoisotopic (exact) mass is 216 g/mol. The molecule has 0 aromatic rings. The molecule has 0 radical (unpaired) electrons. The zero-order valence-corrected chi connectivity index (χ0v) is 10.1. The molecular formula is C11H24N2O2. The van der Waals surface area contributed by atoms with Gasteiger partial charge in [0.2, 0.25) is 5.91 Å². The van der Waals surface area contributed by atoms with E-state index in [1.54, 1.807) is 11.9 Å². The minimum Gasteiger partial charge on any atom is -0.396 e. The van der Waals surface area contributed by atoms with Gasteiger partial charge in [-0.1, -0.05) is 0 Å². The Labute approximate surface area is 92.4 Å². The lowest BCUT2D eigenvalue weighted by Gasteiger charge is -2.28. The van der Waals surface area contributed by atoms with Crippen molar-refractivity contribution in [3.8, 4) is 0 Å². The second-order valence-corrected chi connectivity index (χ2v) is 4.60. The molecule has 1 amide bonds. The summed E-state index contributed by atoms with van der Waals surface area (Å²) in [4.78, 5) is 13.6. The fraction of sp³-hybridized carbons (Fsp3) is 0.909. The molecule has 90 valence electrons. The highest BCUT2D eigenvalue weighted by Crippen LogP contribution is 2.16. The average molecular weight is 216 g/mol. The molecule has 0 rings (SSSR count). The van der Waals surface area contributed by atoms with E-state index in [0.717, 1.165) is 25.8 Å². The summed E-state index contributed by atoms with van der Waals surface area (Å²) >= 11 is 0. The highest BCUT2D eigenvalue weighted by molar-refractivity contribution is 5.81. The molecular weight excluding hydrogens is 192 g/mol. The van der Waals surface area contributed by atoms with Crippen molar-refractivity contribution >= 4 is 5.91 Å². The van der Waals surface area contributed by atoms with E-state index in [1.807, 2.05) is 13.8 Å². The molecule has 0 bridgehead atoms. The number of carbonyl (C=O) groups excluding carboxylic acids is 1. The van der Waals surface area contributed by atoms with Gasteiger partial charge < -0.3 is 15.7 Å². The van der Waals surface area contributed by atoms with Crippen LogP contribution in [-0.4, -0.2) is 42.7 Å². The molecule has 0 aliphatic carbocycles. The number of unbranched alkanes of at least 4 members (excludes halogenated alkanes) is 2. The summed E-state index contributed by atoms with van der Waals surface area (Å²) in [6.45, 7) is 5.06. The van der Waals surface area contributed by atoms with Crippen LogP contribution in [0.5, 0.6) is 0 Å². The summed E-state index contributed by atoms with van der Waals surface area (Å²) in [6, 6.07) is 0. The minimum atomic E-state index is -0.467. The highest BCUT2D eigenvalue weighted by atomic mass is 16.2. The van der Waals surface area contributed by atoms with Crippen molar-refractivity contribution in [2.75, 3.05) is 26.7 Å². The van der Waals surface area contributed by atoms with Crippen molar-refractivity contribution in [2.45, 2.75) is 33.1 Å². The van der Waals surface area contributed by atoms with Gasteiger partial charge in [0.05, 0.1) is 5.41 Å². The first-order chi connectivity index (χ1) is 6.95. The molecule has 0 aliphatic heterocycles. The fourth-order valence-electron chi connectivity index (χ4n) is 1.34. The van der Waals surface area contributed by atoms with Crippen molar-refractivity contribution in [1.82, 2.24) is 4.90 Å². The molecule has 0 saturated carbocycles. The molecule has 0 saturated heterocycles. The quantitative estimate of drug-likeness (QED) is 0.612. The third kappa shape index (κ3) is 5.14. The Hall–Kier alpha value is -0.610. The summed E-state index contributed by atoms with van der Waals surface area (Å²) in [6.07, 6.45) is 2.70. The Bertz CT molecular complexity index is 193. The maximum atomic E-state index is 11.9. The zero-order chi connectivity index (χ0) is 11.9. The number of carbonyl (C=O) groups is 1. The first kappa shape index (κ1) is 14.4. The summed E-state index contributed by atoms with van der Waals surface area (Å²) in [7, 11) is 1.80. The van der Waals surface area contributed by atoms with E-state index < -0.39 is 5.41 Å².